The van der Waals surface area contributed by atoms with E-state index in [1.165, 1.54) is 6.20 Å². The molecule has 6 nitrogen and oxygen atoms in total. The van der Waals surface area contributed by atoms with Crippen molar-refractivity contribution < 1.29 is 9.59 Å². The average molecular weight is 278 g/mol. The van der Waals surface area contributed by atoms with Crippen LogP contribution >= 0.6 is 0 Å². The van der Waals surface area contributed by atoms with Gasteiger partial charge in [0.05, 0.1) is 5.56 Å². The second kappa shape index (κ2) is 7.47. The van der Waals surface area contributed by atoms with E-state index in [9.17, 15) is 9.59 Å². The van der Waals surface area contributed by atoms with Gasteiger partial charge >= 0.3 is 0 Å². The number of nitrogens with two attached hydrogens (primary N) is 1. The van der Waals surface area contributed by atoms with E-state index in [-0.39, 0.29) is 11.8 Å². The highest BCUT2D eigenvalue weighted by Gasteiger charge is 2.22. The molecule has 1 unspecified atom stereocenters. The molecule has 110 valence electrons. The van der Waals surface area contributed by atoms with Crippen LogP contribution in [-0.2, 0) is 4.79 Å². The first kappa shape index (κ1) is 15.9. The van der Waals surface area contributed by atoms with Gasteiger partial charge in [0, 0.05) is 12.7 Å². The maximum absolute atomic E-state index is 12.0. The predicted octanol–water partition coefficient (Wildman–Crippen LogP) is 1.14. The van der Waals surface area contributed by atoms with Gasteiger partial charge in [-0.2, -0.15) is 0 Å². The monoisotopic (exact) mass is 278 g/mol. The SMILES string of the molecule is CCCNc1ccc(C(=O)NC(C(N)=O)C(C)C)cn1. The van der Waals surface area contributed by atoms with E-state index in [0.717, 1.165) is 18.8 Å². The number of hydrogen-bond donors (Lipinski definition) is 3. The normalized spacial score (nSPS) is 12.0. The number of rotatable bonds is 7. The van der Waals surface area contributed by atoms with Crippen LogP contribution in [-0.4, -0.2) is 29.4 Å². The highest BCUT2D eigenvalue weighted by Crippen LogP contribution is 2.07. The number of hydrogen-bond acceptors (Lipinski definition) is 4. The lowest BCUT2D eigenvalue weighted by Gasteiger charge is -2.18. The van der Waals surface area contributed by atoms with Crippen molar-refractivity contribution in [2.75, 3.05) is 11.9 Å². The number of carbonyl (C=O) groups excluding carboxylic acids is 2. The number of nitrogens with one attached hydrogen (secondary N) is 2. The fourth-order valence-corrected chi connectivity index (χ4v) is 1.68. The smallest absolute Gasteiger partial charge is 0.253 e. The standard InChI is InChI=1S/C14H22N4O2/c1-4-7-16-11-6-5-10(8-17-11)14(20)18-12(9(2)3)13(15)19/h5-6,8-9,12H,4,7H2,1-3H3,(H2,15,19)(H,16,17)(H,18,20). The molecule has 0 aliphatic carbocycles. The van der Waals surface area contributed by atoms with Crippen LogP contribution in [0.3, 0.4) is 0 Å². The third-order valence-electron chi connectivity index (χ3n) is 2.84. The zero-order valence-corrected chi connectivity index (χ0v) is 12.1. The Labute approximate surface area is 119 Å². The molecule has 4 N–H and O–H groups in total. The van der Waals surface area contributed by atoms with Crippen molar-refractivity contribution in [3.05, 3.63) is 23.9 Å². The van der Waals surface area contributed by atoms with Gasteiger partial charge in [0.15, 0.2) is 0 Å². The average Bonchev–Trinajstić information content (AvgIpc) is 2.42. The van der Waals surface area contributed by atoms with Crippen LogP contribution in [0.25, 0.3) is 0 Å². The predicted molar refractivity (Wildman–Crippen MR) is 78.3 cm³/mol. The van der Waals surface area contributed by atoms with Gasteiger partial charge in [0.25, 0.3) is 5.91 Å². The number of nitrogens with zero attached hydrogens (tertiary/aromatic N) is 1. The molecule has 2 amide bonds. The lowest BCUT2D eigenvalue weighted by Crippen LogP contribution is -2.47. The maximum Gasteiger partial charge on any atom is 0.253 e. The van der Waals surface area contributed by atoms with Crippen LogP contribution in [0, 0.1) is 5.92 Å². The van der Waals surface area contributed by atoms with Crippen LogP contribution in [0.5, 0.6) is 0 Å². The van der Waals surface area contributed by atoms with E-state index in [4.69, 9.17) is 5.73 Å². The number of carbonyl (C=O) groups is 2. The highest BCUT2D eigenvalue weighted by atomic mass is 16.2. The molecule has 1 aromatic heterocycles. The first-order valence-electron chi connectivity index (χ1n) is 6.75. The number of anilines is 1. The zero-order chi connectivity index (χ0) is 15.1. The van der Waals surface area contributed by atoms with E-state index in [2.05, 4.69) is 22.5 Å². The third-order valence-corrected chi connectivity index (χ3v) is 2.84. The Hall–Kier alpha value is -2.11. The van der Waals surface area contributed by atoms with Crippen molar-refractivity contribution >= 4 is 17.6 Å². The molecule has 1 heterocycles. The van der Waals surface area contributed by atoms with Crippen molar-refractivity contribution in [2.24, 2.45) is 11.7 Å². The number of primary amides is 1. The molecule has 0 bridgehead atoms. The second-order valence-electron chi connectivity index (χ2n) is 4.96. The molecule has 0 spiro atoms. The summed E-state index contributed by atoms with van der Waals surface area (Å²) in [4.78, 5) is 27.4. The summed E-state index contributed by atoms with van der Waals surface area (Å²) in [6, 6.07) is 2.72. The van der Waals surface area contributed by atoms with Crippen molar-refractivity contribution in [1.29, 1.82) is 0 Å². The zero-order valence-electron chi connectivity index (χ0n) is 12.1. The van der Waals surface area contributed by atoms with Gasteiger partial charge in [-0.15, -0.1) is 0 Å². The molecule has 1 aromatic rings. The summed E-state index contributed by atoms with van der Waals surface area (Å²) >= 11 is 0. The van der Waals surface area contributed by atoms with Gasteiger partial charge in [0.2, 0.25) is 5.91 Å². The molecular weight excluding hydrogens is 256 g/mol. The van der Waals surface area contributed by atoms with Gasteiger partial charge in [0.1, 0.15) is 11.9 Å². The fraction of sp³-hybridized carbons (Fsp3) is 0.500. The summed E-state index contributed by atoms with van der Waals surface area (Å²) in [5.41, 5.74) is 5.67. The van der Waals surface area contributed by atoms with E-state index < -0.39 is 11.9 Å². The van der Waals surface area contributed by atoms with Gasteiger partial charge in [-0.05, 0) is 24.5 Å². The quantitative estimate of drug-likeness (QED) is 0.696. The number of aromatic nitrogens is 1. The molecule has 0 aliphatic rings. The molecule has 20 heavy (non-hydrogen) atoms. The molecule has 1 rings (SSSR count). The van der Waals surface area contributed by atoms with E-state index in [0.29, 0.717) is 5.56 Å². The van der Waals surface area contributed by atoms with Crippen LogP contribution < -0.4 is 16.4 Å². The van der Waals surface area contributed by atoms with Crippen molar-refractivity contribution in [3.8, 4) is 0 Å². The van der Waals surface area contributed by atoms with Crippen LogP contribution in [0.2, 0.25) is 0 Å². The molecule has 0 aliphatic heterocycles. The molecule has 0 saturated carbocycles. The Morgan fingerprint density at radius 3 is 2.50 bits per heavy atom. The van der Waals surface area contributed by atoms with Crippen molar-refractivity contribution in [3.63, 3.8) is 0 Å². The van der Waals surface area contributed by atoms with Gasteiger partial charge < -0.3 is 16.4 Å². The minimum atomic E-state index is -0.680. The first-order valence-corrected chi connectivity index (χ1v) is 6.75. The molecule has 6 heteroatoms. The van der Waals surface area contributed by atoms with Crippen molar-refractivity contribution in [2.45, 2.75) is 33.2 Å². The number of amides is 2. The highest BCUT2D eigenvalue weighted by molar-refractivity contribution is 5.97. The van der Waals surface area contributed by atoms with Crippen LogP contribution in [0.4, 0.5) is 5.82 Å². The minimum absolute atomic E-state index is 0.0603. The molecule has 0 saturated heterocycles. The second-order valence-corrected chi connectivity index (χ2v) is 4.96. The summed E-state index contributed by atoms with van der Waals surface area (Å²) in [5.74, 6) is -0.229. The summed E-state index contributed by atoms with van der Waals surface area (Å²) in [6.07, 6.45) is 2.48. The topological polar surface area (TPSA) is 97.1 Å². The maximum atomic E-state index is 12.0. The largest absolute Gasteiger partial charge is 0.370 e. The summed E-state index contributed by atoms with van der Waals surface area (Å²) in [5, 5.41) is 5.74. The van der Waals surface area contributed by atoms with E-state index in [1.54, 1.807) is 12.1 Å². The minimum Gasteiger partial charge on any atom is -0.370 e. The Balaban J connectivity index is 2.69. The Morgan fingerprint density at radius 2 is 2.05 bits per heavy atom. The summed E-state index contributed by atoms with van der Waals surface area (Å²) < 4.78 is 0. The molecule has 0 fully saturated rings. The molecular formula is C14H22N4O2. The van der Waals surface area contributed by atoms with Gasteiger partial charge in [-0.3, -0.25) is 9.59 Å². The van der Waals surface area contributed by atoms with Gasteiger partial charge in [-0.1, -0.05) is 20.8 Å². The van der Waals surface area contributed by atoms with Crippen LogP contribution in [0.15, 0.2) is 18.3 Å². The Bertz CT molecular complexity index is 457. The molecule has 0 radical (unpaired) electrons. The summed E-state index contributed by atoms with van der Waals surface area (Å²) in [6.45, 7) is 6.54. The first-order chi connectivity index (χ1) is 9.45. The van der Waals surface area contributed by atoms with E-state index in [1.807, 2.05) is 13.8 Å². The van der Waals surface area contributed by atoms with Crippen molar-refractivity contribution in [1.82, 2.24) is 10.3 Å². The summed E-state index contributed by atoms with van der Waals surface area (Å²) in [7, 11) is 0. The van der Waals surface area contributed by atoms with E-state index >= 15 is 0 Å². The Morgan fingerprint density at radius 1 is 1.35 bits per heavy atom. The lowest BCUT2D eigenvalue weighted by molar-refractivity contribution is -0.120. The van der Waals surface area contributed by atoms with Gasteiger partial charge in [-0.25, -0.2) is 4.98 Å². The fourth-order valence-electron chi connectivity index (χ4n) is 1.68. The van der Waals surface area contributed by atoms with Crippen LogP contribution in [0.1, 0.15) is 37.6 Å². The molecule has 1 atom stereocenters. The third kappa shape index (κ3) is 4.53. The lowest BCUT2D eigenvalue weighted by atomic mass is 10.0. The number of pyridine rings is 1. The molecule has 0 aromatic carbocycles. The Kier molecular flexibility index (Phi) is 5.96.